The summed E-state index contributed by atoms with van der Waals surface area (Å²) in [6, 6.07) is 14.3. The Kier molecular flexibility index (Phi) is 4.44. The SMILES string of the molecule is Cc1oc(-c2ccccc2Cl)nc1COc1ccc(C=O)cc1. The average molecular weight is 328 g/mol. The van der Waals surface area contributed by atoms with Crippen LogP contribution in [0.4, 0.5) is 0 Å². The molecule has 0 aliphatic carbocycles. The van der Waals surface area contributed by atoms with Crippen molar-refractivity contribution in [2.45, 2.75) is 13.5 Å². The standard InChI is InChI=1S/C18H14ClNO3/c1-12-17(11-22-14-8-6-13(10-21)7-9-14)20-18(23-12)15-4-2-3-5-16(15)19/h2-10H,11H2,1H3. The van der Waals surface area contributed by atoms with Crippen molar-refractivity contribution in [3.63, 3.8) is 0 Å². The molecule has 0 aliphatic rings. The lowest BCUT2D eigenvalue weighted by atomic mass is 10.2. The second-order valence-electron chi connectivity index (χ2n) is 4.98. The van der Waals surface area contributed by atoms with E-state index >= 15 is 0 Å². The topological polar surface area (TPSA) is 52.3 Å². The van der Waals surface area contributed by atoms with E-state index in [0.717, 1.165) is 11.8 Å². The summed E-state index contributed by atoms with van der Waals surface area (Å²) in [6.07, 6.45) is 0.793. The first-order chi connectivity index (χ1) is 11.2. The van der Waals surface area contributed by atoms with Crippen LogP contribution in [0.2, 0.25) is 5.02 Å². The van der Waals surface area contributed by atoms with Crippen molar-refractivity contribution in [2.75, 3.05) is 0 Å². The van der Waals surface area contributed by atoms with Crippen molar-refractivity contribution >= 4 is 17.9 Å². The number of benzene rings is 2. The molecule has 1 aromatic heterocycles. The summed E-state index contributed by atoms with van der Waals surface area (Å²) in [4.78, 5) is 15.1. The molecule has 0 bridgehead atoms. The number of ether oxygens (including phenoxy) is 1. The third kappa shape index (κ3) is 3.43. The van der Waals surface area contributed by atoms with E-state index in [0.29, 0.717) is 33.7 Å². The number of halogens is 1. The Morgan fingerprint density at radius 2 is 1.91 bits per heavy atom. The Morgan fingerprint density at radius 1 is 1.17 bits per heavy atom. The van der Waals surface area contributed by atoms with E-state index in [9.17, 15) is 4.79 Å². The van der Waals surface area contributed by atoms with E-state index in [1.54, 1.807) is 30.3 Å². The van der Waals surface area contributed by atoms with Gasteiger partial charge >= 0.3 is 0 Å². The molecular weight excluding hydrogens is 314 g/mol. The van der Waals surface area contributed by atoms with Crippen LogP contribution in [0.25, 0.3) is 11.5 Å². The van der Waals surface area contributed by atoms with E-state index < -0.39 is 0 Å². The van der Waals surface area contributed by atoms with Crippen molar-refractivity contribution in [1.29, 1.82) is 0 Å². The van der Waals surface area contributed by atoms with E-state index in [1.807, 2.05) is 25.1 Å². The van der Waals surface area contributed by atoms with Gasteiger partial charge in [0.2, 0.25) is 5.89 Å². The second-order valence-corrected chi connectivity index (χ2v) is 5.38. The van der Waals surface area contributed by atoms with Crippen LogP contribution in [0.3, 0.4) is 0 Å². The molecule has 4 nitrogen and oxygen atoms in total. The molecule has 0 atom stereocenters. The highest BCUT2D eigenvalue weighted by Gasteiger charge is 2.14. The quantitative estimate of drug-likeness (QED) is 0.638. The number of hydrogen-bond donors (Lipinski definition) is 0. The molecule has 0 unspecified atom stereocenters. The summed E-state index contributed by atoms with van der Waals surface area (Å²) in [7, 11) is 0. The van der Waals surface area contributed by atoms with Gasteiger partial charge in [0, 0.05) is 5.56 Å². The van der Waals surface area contributed by atoms with Gasteiger partial charge in [-0.15, -0.1) is 0 Å². The zero-order valence-electron chi connectivity index (χ0n) is 12.5. The van der Waals surface area contributed by atoms with Crippen molar-refractivity contribution in [3.05, 3.63) is 70.6 Å². The lowest BCUT2D eigenvalue weighted by Crippen LogP contribution is -1.97. The molecule has 0 fully saturated rings. The highest BCUT2D eigenvalue weighted by atomic mass is 35.5. The maximum Gasteiger partial charge on any atom is 0.228 e. The van der Waals surface area contributed by atoms with E-state index in [4.69, 9.17) is 20.8 Å². The zero-order chi connectivity index (χ0) is 16.2. The molecule has 0 saturated carbocycles. The molecule has 0 radical (unpaired) electrons. The van der Waals surface area contributed by atoms with Crippen LogP contribution in [-0.4, -0.2) is 11.3 Å². The minimum Gasteiger partial charge on any atom is -0.487 e. The molecule has 0 spiro atoms. The summed E-state index contributed by atoms with van der Waals surface area (Å²) in [5.74, 6) is 1.82. The third-order valence-electron chi connectivity index (χ3n) is 3.39. The van der Waals surface area contributed by atoms with E-state index in [2.05, 4.69) is 4.98 Å². The van der Waals surface area contributed by atoms with Crippen LogP contribution in [0.15, 0.2) is 52.9 Å². The number of carbonyl (C=O) groups is 1. The maximum atomic E-state index is 10.6. The van der Waals surface area contributed by atoms with Crippen molar-refractivity contribution in [2.24, 2.45) is 0 Å². The van der Waals surface area contributed by atoms with Crippen LogP contribution < -0.4 is 4.74 Å². The highest BCUT2D eigenvalue weighted by Crippen LogP contribution is 2.28. The molecule has 3 aromatic rings. The monoisotopic (exact) mass is 327 g/mol. The van der Waals surface area contributed by atoms with Crippen LogP contribution in [-0.2, 0) is 6.61 Å². The maximum absolute atomic E-state index is 10.6. The summed E-state index contributed by atoms with van der Waals surface area (Å²) in [5, 5.41) is 0.589. The Labute approximate surface area is 138 Å². The lowest BCUT2D eigenvalue weighted by Gasteiger charge is -2.04. The Bertz CT molecular complexity index is 825. The molecule has 5 heteroatoms. The predicted octanol–water partition coefficient (Wildman–Crippen LogP) is 4.69. The lowest BCUT2D eigenvalue weighted by molar-refractivity contribution is 0.112. The fourth-order valence-corrected chi connectivity index (χ4v) is 2.32. The van der Waals surface area contributed by atoms with Gasteiger partial charge in [0.25, 0.3) is 0 Å². The van der Waals surface area contributed by atoms with Crippen molar-refractivity contribution in [3.8, 4) is 17.2 Å². The Hall–Kier alpha value is -2.59. The highest BCUT2D eigenvalue weighted by molar-refractivity contribution is 6.33. The van der Waals surface area contributed by atoms with Gasteiger partial charge < -0.3 is 9.15 Å². The van der Waals surface area contributed by atoms with Gasteiger partial charge in [0.1, 0.15) is 30.1 Å². The fourth-order valence-electron chi connectivity index (χ4n) is 2.11. The molecule has 2 aromatic carbocycles. The van der Waals surface area contributed by atoms with Crippen molar-refractivity contribution < 1.29 is 13.9 Å². The van der Waals surface area contributed by atoms with E-state index in [1.165, 1.54) is 0 Å². The number of carbonyl (C=O) groups excluding carboxylic acids is 1. The van der Waals surface area contributed by atoms with Crippen LogP contribution >= 0.6 is 11.6 Å². The molecule has 0 amide bonds. The third-order valence-corrected chi connectivity index (χ3v) is 3.72. The number of oxazole rings is 1. The van der Waals surface area contributed by atoms with Gasteiger partial charge in [-0.05, 0) is 43.3 Å². The molecule has 0 aliphatic heterocycles. The Balaban J connectivity index is 1.76. The van der Waals surface area contributed by atoms with E-state index in [-0.39, 0.29) is 6.61 Å². The summed E-state index contributed by atoms with van der Waals surface area (Å²) >= 11 is 6.16. The number of aldehydes is 1. The number of aryl methyl sites for hydroxylation is 1. The van der Waals surface area contributed by atoms with Gasteiger partial charge in [-0.1, -0.05) is 23.7 Å². The first-order valence-electron chi connectivity index (χ1n) is 7.06. The molecule has 0 N–H and O–H groups in total. The number of nitrogens with zero attached hydrogens (tertiary/aromatic N) is 1. The van der Waals surface area contributed by atoms with Gasteiger partial charge in [-0.2, -0.15) is 0 Å². The van der Waals surface area contributed by atoms with Gasteiger partial charge in [-0.3, -0.25) is 4.79 Å². The number of rotatable bonds is 5. The molecule has 23 heavy (non-hydrogen) atoms. The van der Waals surface area contributed by atoms with Crippen molar-refractivity contribution in [1.82, 2.24) is 4.98 Å². The number of aromatic nitrogens is 1. The second kappa shape index (κ2) is 6.67. The number of hydrogen-bond acceptors (Lipinski definition) is 4. The first kappa shape index (κ1) is 15.3. The predicted molar refractivity (Wildman–Crippen MR) is 87.8 cm³/mol. The Morgan fingerprint density at radius 3 is 2.61 bits per heavy atom. The minimum atomic E-state index is 0.278. The molecule has 1 heterocycles. The van der Waals surface area contributed by atoms with Gasteiger partial charge in [0.15, 0.2) is 0 Å². The van der Waals surface area contributed by atoms with Gasteiger partial charge in [-0.25, -0.2) is 4.98 Å². The average Bonchev–Trinajstić information content (AvgIpc) is 2.94. The molecule has 0 saturated heterocycles. The molecule has 3 rings (SSSR count). The first-order valence-corrected chi connectivity index (χ1v) is 7.44. The smallest absolute Gasteiger partial charge is 0.228 e. The summed E-state index contributed by atoms with van der Waals surface area (Å²) in [5.41, 5.74) is 2.06. The summed E-state index contributed by atoms with van der Waals surface area (Å²) in [6.45, 7) is 2.11. The normalized spacial score (nSPS) is 10.5. The van der Waals surface area contributed by atoms with Crippen LogP contribution in [0.5, 0.6) is 5.75 Å². The van der Waals surface area contributed by atoms with Gasteiger partial charge in [0.05, 0.1) is 10.6 Å². The van der Waals surface area contributed by atoms with Crippen LogP contribution in [0, 0.1) is 6.92 Å². The molecule has 116 valence electrons. The largest absolute Gasteiger partial charge is 0.487 e. The molecular formula is C18H14ClNO3. The fraction of sp³-hybridized carbons (Fsp3) is 0.111. The summed E-state index contributed by atoms with van der Waals surface area (Å²) < 4.78 is 11.4. The van der Waals surface area contributed by atoms with Crippen LogP contribution in [0.1, 0.15) is 21.8 Å². The minimum absolute atomic E-state index is 0.278. The zero-order valence-corrected chi connectivity index (χ0v) is 13.2.